The maximum absolute atomic E-state index is 6.02. The lowest BCUT2D eigenvalue weighted by Gasteiger charge is -2.27. The van der Waals surface area contributed by atoms with Gasteiger partial charge in [-0.2, -0.15) is 0 Å². The molecule has 1 aliphatic rings. The minimum absolute atomic E-state index is 0.382. The van der Waals surface area contributed by atoms with Gasteiger partial charge in [-0.3, -0.25) is 4.90 Å². The summed E-state index contributed by atoms with van der Waals surface area (Å²) in [7, 11) is 4.14. The third-order valence-electron chi connectivity index (χ3n) is 4.35. The Bertz CT molecular complexity index is 385. The third kappa shape index (κ3) is 3.28. The molecular weight excluding hydrogens is 234 g/mol. The maximum atomic E-state index is 6.02. The van der Waals surface area contributed by atoms with Crippen LogP contribution in [-0.4, -0.2) is 38.6 Å². The average Bonchev–Trinajstić information content (AvgIpc) is 2.89. The van der Waals surface area contributed by atoms with Crippen LogP contribution in [-0.2, 0) is 0 Å². The van der Waals surface area contributed by atoms with E-state index in [0.717, 1.165) is 5.92 Å². The fourth-order valence-corrected chi connectivity index (χ4v) is 2.97. The summed E-state index contributed by atoms with van der Waals surface area (Å²) in [6.07, 6.45) is 2.61. The summed E-state index contributed by atoms with van der Waals surface area (Å²) in [6, 6.07) is 9.21. The second kappa shape index (κ2) is 6.40. The molecule has 2 unspecified atom stereocenters. The first-order chi connectivity index (χ1) is 9.15. The molecule has 1 heterocycles. The zero-order valence-electron chi connectivity index (χ0n) is 12.5. The lowest BCUT2D eigenvalue weighted by atomic mass is 10.0. The molecule has 0 spiro atoms. The molecule has 1 aromatic carbocycles. The van der Waals surface area contributed by atoms with Gasteiger partial charge >= 0.3 is 0 Å². The van der Waals surface area contributed by atoms with Crippen molar-refractivity contribution >= 4 is 5.69 Å². The number of nitrogens with zero attached hydrogens (tertiary/aromatic N) is 2. The second-order valence-corrected chi connectivity index (χ2v) is 5.80. The van der Waals surface area contributed by atoms with Crippen LogP contribution < -0.4 is 10.6 Å². The van der Waals surface area contributed by atoms with Crippen LogP contribution in [0.1, 0.15) is 31.4 Å². The number of nitrogens with two attached hydrogens (primary N) is 1. The molecular formula is C16H27N3. The van der Waals surface area contributed by atoms with E-state index in [1.54, 1.807) is 0 Å². The smallest absolute Gasteiger partial charge is 0.0470 e. The quantitative estimate of drug-likeness (QED) is 0.884. The van der Waals surface area contributed by atoms with Gasteiger partial charge in [0.1, 0.15) is 0 Å². The van der Waals surface area contributed by atoms with Crippen LogP contribution in [0.4, 0.5) is 5.69 Å². The number of rotatable bonds is 5. The molecule has 0 aliphatic carbocycles. The van der Waals surface area contributed by atoms with Crippen LogP contribution in [0.2, 0.25) is 0 Å². The molecule has 1 fully saturated rings. The average molecular weight is 261 g/mol. The molecule has 2 N–H and O–H groups in total. The van der Waals surface area contributed by atoms with Crippen LogP contribution in [0.25, 0.3) is 0 Å². The molecule has 1 aliphatic heterocycles. The number of likely N-dealkylation sites (tertiary alicyclic amines) is 1. The van der Waals surface area contributed by atoms with Crippen molar-refractivity contribution in [1.29, 1.82) is 0 Å². The molecule has 0 radical (unpaired) electrons. The number of anilines is 1. The number of hydrogen-bond donors (Lipinski definition) is 1. The van der Waals surface area contributed by atoms with Gasteiger partial charge in [0.05, 0.1) is 0 Å². The summed E-state index contributed by atoms with van der Waals surface area (Å²) in [4.78, 5) is 4.68. The zero-order valence-corrected chi connectivity index (χ0v) is 12.5. The van der Waals surface area contributed by atoms with E-state index in [2.05, 4.69) is 55.1 Å². The summed E-state index contributed by atoms with van der Waals surface area (Å²) in [6.45, 7) is 5.39. The molecule has 2 rings (SSSR count). The zero-order chi connectivity index (χ0) is 13.8. The molecule has 1 saturated heterocycles. The Balaban J connectivity index is 2.09. The summed E-state index contributed by atoms with van der Waals surface area (Å²) >= 11 is 0. The monoisotopic (exact) mass is 261 g/mol. The first-order valence-electron chi connectivity index (χ1n) is 7.37. The molecule has 0 aromatic heterocycles. The van der Waals surface area contributed by atoms with Gasteiger partial charge in [-0.1, -0.05) is 25.5 Å². The highest BCUT2D eigenvalue weighted by molar-refractivity contribution is 5.46. The van der Waals surface area contributed by atoms with Gasteiger partial charge in [0, 0.05) is 38.9 Å². The van der Waals surface area contributed by atoms with Crippen LogP contribution in [0.5, 0.6) is 0 Å². The van der Waals surface area contributed by atoms with Gasteiger partial charge in [-0.05, 0) is 36.6 Å². The van der Waals surface area contributed by atoms with Crippen LogP contribution in [0.15, 0.2) is 24.3 Å². The Morgan fingerprint density at radius 3 is 2.47 bits per heavy atom. The molecule has 2 atom stereocenters. The van der Waals surface area contributed by atoms with E-state index < -0.39 is 0 Å². The lowest BCUT2D eigenvalue weighted by molar-refractivity contribution is 0.241. The molecule has 0 bridgehead atoms. The predicted octanol–water partition coefficient (Wildman–Crippen LogP) is 2.48. The highest BCUT2D eigenvalue weighted by Crippen LogP contribution is 2.29. The summed E-state index contributed by atoms with van der Waals surface area (Å²) < 4.78 is 0. The fourth-order valence-electron chi connectivity index (χ4n) is 2.97. The Morgan fingerprint density at radius 2 is 2.00 bits per heavy atom. The summed E-state index contributed by atoms with van der Waals surface area (Å²) in [5.41, 5.74) is 8.61. The number of benzene rings is 1. The van der Waals surface area contributed by atoms with E-state index in [1.807, 2.05) is 0 Å². The van der Waals surface area contributed by atoms with Crippen molar-refractivity contribution in [1.82, 2.24) is 4.90 Å². The van der Waals surface area contributed by atoms with Crippen LogP contribution >= 0.6 is 0 Å². The largest absolute Gasteiger partial charge is 0.378 e. The van der Waals surface area contributed by atoms with Crippen molar-refractivity contribution in [3.8, 4) is 0 Å². The van der Waals surface area contributed by atoms with E-state index in [0.29, 0.717) is 12.6 Å². The van der Waals surface area contributed by atoms with E-state index in [9.17, 15) is 0 Å². The van der Waals surface area contributed by atoms with Gasteiger partial charge in [-0.15, -0.1) is 0 Å². The highest BCUT2D eigenvalue weighted by atomic mass is 15.2. The summed E-state index contributed by atoms with van der Waals surface area (Å²) in [5, 5.41) is 0. The Morgan fingerprint density at radius 1 is 1.32 bits per heavy atom. The van der Waals surface area contributed by atoms with E-state index in [1.165, 1.54) is 37.2 Å². The Kier molecular flexibility index (Phi) is 4.83. The molecule has 0 amide bonds. The minimum atomic E-state index is 0.382. The first kappa shape index (κ1) is 14.4. The van der Waals surface area contributed by atoms with E-state index in [4.69, 9.17) is 5.73 Å². The van der Waals surface area contributed by atoms with Gasteiger partial charge in [-0.25, -0.2) is 0 Å². The van der Waals surface area contributed by atoms with Gasteiger partial charge < -0.3 is 10.6 Å². The summed E-state index contributed by atoms with van der Waals surface area (Å²) in [5.74, 6) is 0.857. The van der Waals surface area contributed by atoms with E-state index >= 15 is 0 Å². The standard InChI is InChI=1S/C16H27N3/c1-4-13-9-10-19(12-13)16(11-17)14-5-7-15(8-6-14)18(2)3/h5-8,13,16H,4,9-12,17H2,1-3H3. The predicted molar refractivity (Wildman–Crippen MR) is 82.5 cm³/mol. The highest BCUT2D eigenvalue weighted by Gasteiger charge is 2.27. The van der Waals surface area contributed by atoms with Crippen molar-refractivity contribution in [2.45, 2.75) is 25.8 Å². The number of hydrogen-bond acceptors (Lipinski definition) is 3. The van der Waals surface area contributed by atoms with Crippen molar-refractivity contribution in [3.05, 3.63) is 29.8 Å². The fraction of sp³-hybridized carbons (Fsp3) is 0.625. The van der Waals surface area contributed by atoms with Crippen LogP contribution in [0.3, 0.4) is 0 Å². The lowest BCUT2D eigenvalue weighted by Crippen LogP contribution is -2.32. The normalized spacial score (nSPS) is 21.6. The second-order valence-electron chi connectivity index (χ2n) is 5.80. The van der Waals surface area contributed by atoms with Crippen LogP contribution in [0, 0.1) is 5.92 Å². The third-order valence-corrected chi connectivity index (χ3v) is 4.35. The van der Waals surface area contributed by atoms with Gasteiger partial charge in [0.25, 0.3) is 0 Å². The SMILES string of the molecule is CCC1CCN(C(CN)c2ccc(N(C)C)cc2)C1. The molecule has 0 saturated carbocycles. The first-order valence-corrected chi connectivity index (χ1v) is 7.37. The molecule has 19 heavy (non-hydrogen) atoms. The van der Waals surface area contributed by atoms with Crippen molar-refractivity contribution in [3.63, 3.8) is 0 Å². The van der Waals surface area contributed by atoms with Gasteiger partial charge in [0.15, 0.2) is 0 Å². The minimum Gasteiger partial charge on any atom is -0.378 e. The molecule has 1 aromatic rings. The van der Waals surface area contributed by atoms with Gasteiger partial charge in [0.2, 0.25) is 0 Å². The molecule has 106 valence electrons. The van der Waals surface area contributed by atoms with Crippen molar-refractivity contribution in [2.75, 3.05) is 38.6 Å². The molecule has 3 heteroatoms. The van der Waals surface area contributed by atoms with Crippen molar-refractivity contribution in [2.24, 2.45) is 11.7 Å². The van der Waals surface area contributed by atoms with E-state index in [-0.39, 0.29) is 0 Å². The maximum Gasteiger partial charge on any atom is 0.0470 e. The Labute approximate surface area is 117 Å². The van der Waals surface area contributed by atoms with Crippen molar-refractivity contribution < 1.29 is 0 Å². The topological polar surface area (TPSA) is 32.5 Å². The molecule has 3 nitrogen and oxygen atoms in total. The Hall–Kier alpha value is -1.06.